The van der Waals surface area contributed by atoms with Crippen LogP contribution in [0.4, 0.5) is 26.0 Å². The second-order valence-electron chi connectivity index (χ2n) is 10.1. The van der Waals surface area contributed by atoms with E-state index in [2.05, 4.69) is 30.0 Å². The SMILES string of the molecule is Cc1c(Cl)cccc1S(=O)(=O)Nc1ccc(F)c(Nc2ncnc3ccc(-n4cc(C(=O)N5CCOCC5)nc4C)nc23)c1F. The summed E-state index contributed by atoms with van der Waals surface area (Å²) in [7, 11) is -4.28. The zero-order chi connectivity index (χ0) is 31.9. The van der Waals surface area contributed by atoms with Crippen molar-refractivity contribution in [2.24, 2.45) is 0 Å². The fraction of sp³-hybridized carbons (Fsp3) is 0.207. The third-order valence-corrected chi connectivity index (χ3v) is 9.12. The Kier molecular flexibility index (Phi) is 8.07. The molecule has 0 unspecified atom stereocenters. The normalized spacial score (nSPS) is 13.7. The molecule has 0 atom stereocenters. The molecular weight excluding hydrogens is 630 g/mol. The molecule has 12 nitrogen and oxygen atoms in total. The molecule has 1 aliphatic heterocycles. The minimum Gasteiger partial charge on any atom is -0.378 e. The van der Waals surface area contributed by atoms with E-state index in [9.17, 15) is 13.2 Å². The first kappa shape index (κ1) is 30.3. The van der Waals surface area contributed by atoms with Crippen molar-refractivity contribution >= 4 is 55.8 Å². The maximum atomic E-state index is 15.7. The van der Waals surface area contributed by atoms with Gasteiger partial charge in [0, 0.05) is 24.3 Å². The minimum atomic E-state index is -4.28. The molecule has 3 aromatic heterocycles. The Hall–Kier alpha value is -4.73. The molecule has 232 valence electrons. The smallest absolute Gasteiger partial charge is 0.274 e. The van der Waals surface area contributed by atoms with Crippen molar-refractivity contribution in [2.75, 3.05) is 36.3 Å². The highest BCUT2D eigenvalue weighted by Crippen LogP contribution is 2.32. The monoisotopic (exact) mass is 654 g/mol. The average Bonchev–Trinajstić information content (AvgIpc) is 3.43. The first-order chi connectivity index (χ1) is 21.5. The molecule has 1 fully saturated rings. The second-order valence-corrected chi connectivity index (χ2v) is 12.1. The fourth-order valence-electron chi connectivity index (χ4n) is 4.83. The first-order valence-electron chi connectivity index (χ1n) is 13.6. The van der Waals surface area contributed by atoms with Crippen molar-refractivity contribution in [2.45, 2.75) is 18.7 Å². The predicted molar refractivity (Wildman–Crippen MR) is 163 cm³/mol. The van der Waals surface area contributed by atoms with E-state index in [4.69, 9.17) is 16.3 Å². The molecule has 0 radical (unpaired) electrons. The lowest BCUT2D eigenvalue weighted by Gasteiger charge is -2.25. The van der Waals surface area contributed by atoms with Crippen LogP contribution in [0.1, 0.15) is 21.9 Å². The molecule has 2 aromatic carbocycles. The van der Waals surface area contributed by atoms with Gasteiger partial charge in [0.1, 0.15) is 40.7 Å². The fourth-order valence-corrected chi connectivity index (χ4v) is 6.39. The zero-order valence-corrected chi connectivity index (χ0v) is 25.5. The lowest BCUT2D eigenvalue weighted by Crippen LogP contribution is -2.40. The van der Waals surface area contributed by atoms with Gasteiger partial charge in [-0.05, 0) is 55.8 Å². The summed E-state index contributed by atoms with van der Waals surface area (Å²) in [6.45, 7) is 5.05. The number of nitrogens with zero attached hydrogens (tertiary/aromatic N) is 6. The Bertz CT molecular complexity index is 2070. The van der Waals surface area contributed by atoms with Crippen LogP contribution in [0, 0.1) is 25.5 Å². The number of sulfonamides is 1. The second kappa shape index (κ2) is 12.0. The quantitative estimate of drug-likeness (QED) is 0.253. The average molecular weight is 655 g/mol. The maximum absolute atomic E-state index is 15.7. The topological polar surface area (TPSA) is 144 Å². The van der Waals surface area contributed by atoms with Gasteiger partial charge in [-0.3, -0.25) is 14.1 Å². The number of halogens is 3. The van der Waals surface area contributed by atoms with Gasteiger partial charge in [-0.15, -0.1) is 0 Å². The molecule has 0 spiro atoms. The van der Waals surface area contributed by atoms with Crippen LogP contribution in [-0.2, 0) is 14.8 Å². The maximum Gasteiger partial charge on any atom is 0.274 e. The number of carbonyl (C=O) groups is 1. The number of nitrogens with one attached hydrogen (secondary N) is 2. The number of carbonyl (C=O) groups excluding carboxylic acids is 1. The standard InChI is InChI=1S/C29H25ClF2N8O4S/c1-16-18(30)4-3-5-23(16)45(42,43)38-20-7-6-19(31)26(25(20)32)37-28-27-21(33-15-34-28)8-9-24(36-27)40-14-22(35-17(40)2)29(41)39-10-12-44-13-11-39/h3-9,14-15,38H,10-13H2,1-2H3,(H,33,34,37). The van der Waals surface area contributed by atoms with Crippen LogP contribution in [0.3, 0.4) is 0 Å². The van der Waals surface area contributed by atoms with Gasteiger partial charge < -0.3 is 15.0 Å². The molecule has 4 heterocycles. The number of benzene rings is 2. The summed E-state index contributed by atoms with van der Waals surface area (Å²) in [6, 6.07) is 9.48. The van der Waals surface area contributed by atoms with Crippen molar-refractivity contribution in [1.29, 1.82) is 0 Å². The number of aryl methyl sites for hydroxylation is 1. The van der Waals surface area contributed by atoms with Gasteiger partial charge in [0.15, 0.2) is 11.6 Å². The van der Waals surface area contributed by atoms with Gasteiger partial charge in [0.25, 0.3) is 15.9 Å². The van der Waals surface area contributed by atoms with Gasteiger partial charge in [-0.1, -0.05) is 17.7 Å². The van der Waals surface area contributed by atoms with E-state index in [1.165, 1.54) is 31.5 Å². The molecule has 1 saturated heterocycles. The molecule has 5 aromatic rings. The third kappa shape index (κ3) is 5.89. The highest BCUT2D eigenvalue weighted by Gasteiger charge is 2.24. The van der Waals surface area contributed by atoms with Crippen molar-refractivity contribution in [3.8, 4) is 5.82 Å². The van der Waals surface area contributed by atoms with E-state index < -0.39 is 33.0 Å². The van der Waals surface area contributed by atoms with Crippen molar-refractivity contribution in [1.82, 2.24) is 29.4 Å². The van der Waals surface area contributed by atoms with Crippen LogP contribution >= 0.6 is 11.6 Å². The third-order valence-electron chi connectivity index (χ3n) is 7.20. The number of aromatic nitrogens is 5. The Morgan fingerprint density at radius 1 is 1.02 bits per heavy atom. The number of pyridine rings is 1. The summed E-state index contributed by atoms with van der Waals surface area (Å²) < 4.78 is 65.9. The Morgan fingerprint density at radius 2 is 1.80 bits per heavy atom. The Balaban J connectivity index is 1.33. The zero-order valence-electron chi connectivity index (χ0n) is 23.9. The van der Waals surface area contributed by atoms with E-state index in [1.807, 2.05) is 0 Å². The Morgan fingerprint density at radius 3 is 2.58 bits per heavy atom. The Labute approximate surface area is 261 Å². The highest BCUT2D eigenvalue weighted by molar-refractivity contribution is 7.92. The lowest BCUT2D eigenvalue weighted by atomic mass is 10.2. The van der Waals surface area contributed by atoms with E-state index in [0.717, 1.165) is 12.1 Å². The molecule has 6 rings (SSSR count). The molecule has 0 saturated carbocycles. The number of anilines is 3. The highest BCUT2D eigenvalue weighted by atomic mass is 35.5. The molecule has 0 aliphatic carbocycles. The number of hydrogen-bond donors (Lipinski definition) is 2. The summed E-state index contributed by atoms with van der Waals surface area (Å²) in [5, 5.41) is 2.83. The lowest BCUT2D eigenvalue weighted by molar-refractivity contribution is 0.0299. The number of hydrogen-bond acceptors (Lipinski definition) is 9. The van der Waals surface area contributed by atoms with Gasteiger partial charge in [-0.2, -0.15) is 0 Å². The molecule has 45 heavy (non-hydrogen) atoms. The van der Waals surface area contributed by atoms with Gasteiger partial charge in [0.05, 0.1) is 29.3 Å². The number of rotatable bonds is 7. The van der Waals surface area contributed by atoms with E-state index in [0.29, 0.717) is 43.5 Å². The first-order valence-corrected chi connectivity index (χ1v) is 15.5. The molecular formula is C29H25ClF2N8O4S. The summed E-state index contributed by atoms with van der Waals surface area (Å²) in [4.78, 5) is 31.8. The molecule has 1 aliphatic rings. The minimum absolute atomic E-state index is 0.0484. The summed E-state index contributed by atoms with van der Waals surface area (Å²) >= 11 is 6.07. The van der Waals surface area contributed by atoms with Gasteiger partial charge in [0.2, 0.25) is 0 Å². The predicted octanol–water partition coefficient (Wildman–Crippen LogP) is 4.78. The van der Waals surface area contributed by atoms with E-state index in [-0.39, 0.29) is 38.4 Å². The molecule has 2 N–H and O–H groups in total. The van der Waals surface area contributed by atoms with E-state index in [1.54, 1.807) is 34.7 Å². The van der Waals surface area contributed by atoms with Gasteiger partial charge in [-0.25, -0.2) is 37.1 Å². The summed E-state index contributed by atoms with van der Waals surface area (Å²) in [5.41, 5.74) is -0.154. The number of fused-ring (bicyclic) bond motifs is 1. The van der Waals surface area contributed by atoms with Crippen LogP contribution in [0.2, 0.25) is 5.02 Å². The summed E-state index contributed by atoms with van der Waals surface area (Å²) in [5.74, 6) is -1.67. The number of amides is 1. The van der Waals surface area contributed by atoms with Crippen molar-refractivity contribution in [3.05, 3.63) is 88.7 Å². The van der Waals surface area contributed by atoms with Gasteiger partial charge >= 0.3 is 0 Å². The summed E-state index contributed by atoms with van der Waals surface area (Å²) in [6.07, 6.45) is 2.76. The van der Waals surface area contributed by atoms with Crippen molar-refractivity contribution < 1.29 is 26.7 Å². The number of morpholine rings is 1. The number of imidazole rings is 1. The van der Waals surface area contributed by atoms with Crippen LogP contribution in [-0.4, -0.2) is 70.0 Å². The molecule has 0 bridgehead atoms. The van der Waals surface area contributed by atoms with Crippen LogP contribution < -0.4 is 10.0 Å². The number of ether oxygens (including phenoxy) is 1. The largest absolute Gasteiger partial charge is 0.378 e. The molecule has 1 amide bonds. The van der Waals surface area contributed by atoms with Crippen LogP contribution in [0.15, 0.2) is 59.9 Å². The van der Waals surface area contributed by atoms with Crippen molar-refractivity contribution in [3.63, 3.8) is 0 Å². The van der Waals surface area contributed by atoms with Crippen LogP contribution in [0.25, 0.3) is 16.9 Å². The van der Waals surface area contributed by atoms with Crippen LogP contribution in [0.5, 0.6) is 0 Å². The molecule has 16 heteroatoms. The van der Waals surface area contributed by atoms with E-state index >= 15 is 8.78 Å².